The highest BCUT2D eigenvalue weighted by atomic mass is 16.5. The lowest BCUT2D eigenvalue weighted by Gasteiger charge is -2.08. The first-order chi connectivity index (χ1) is 14.4. The van der Waals surface area contributed by atoms with Gasteiger partial charge in [-0.25, -0.2) is 4.98 Å². The number of amidine groups is 1. The van der Waals surface area contributed by atoms with E-state index < -0.39 is 0 Å². The Morgan fingerprint density at radius 2 is 1.93 bits per heavy atom. The lowest BCUT2D eigenvalue weighted by molar-refractivity contribution is -0.140. The Kier molecular flexibility index (Phi) is 6.26. The van der Waals surface area contributed by atoms with Crippen LogP contribution in [0.1, 0.15) is 22.3 Å². The summed E-state index contributed by atoms with van der Waals surface area (Å²) in [6.45, 7) is 4.56. The van der Waals surface area contributed by atoms with Gasteiger partial charge < -0.3 is 20.4 Å². The predicted octanol–water partition coefficient (Wildman–Crippen LogP) is 2.47. The number of methoxy groups -OCH3 is 1. The van der Waals surface area contributed by atoms with Gasteiger partial charge in [-0.05, 0) is 18.2 Å². The Morgan fingerprint density at radius 3 is 2.57 bits per heavy atom. The van der Waals surface area contributed by atoms with Crippen molar-refractivity contribution in [1.82, 2.24) is 14.9 Å². The predicted molar refractivity (Wildman–Crippen MR) is 115 cm³/mol. The molecule has 0 saturated heterocycles. The average molecular weight is 405 g/mol. The number of hydrogen-bond acceptors (Lipinski definition) is 5. The number of nitrogens with two attached hydrogens (primary N) is 1. The summed E-state index contributed by atoms with van der Waals surface area (Å²) in [5.74, 6) is 0.0630. The fourth-order valence-electron chi connectivity index (χ4n) is 3.09. The van der Waals surface area contributed by atoms with Crippen LogP contribution in [0.3, 0.4) is 0 Å². The third kappa shape index (κ3) is 4.38. The van der Waals surface area contributed by atoms with E-state index in [1.807, 2.05) is 22.8 Å². The maximum absolute atomic E-state index is 12.4. The van der Waals surface area contributed by atoms with Crippen molar-refractivity contribution in [3.63, 3.8) is 0 Å². The second kappa shape index (κ2) is 9.04. The molecule has 0 aliphatic heterocycles. The summed E-state index contributed by atoms with van der Waals surface area (Å²) in [6.07, 6.45) is 1.89. The highest BCUT2D eigenvalue weighted by molar-refractivity contribution is 5.98. The number of nitrogens with zero attached hydrogens (tertiary/aromatic N) is 2. The summed E-state index contributed by atoms with van der Waals surface area (Å²) in [7, 11) is 1.31. The molecule has 0 aliphatic rings. The van der Waals surface area contributed by atoms with E-state index in [0.717, 1.165) is 16.9 Å². The van der Waals surface area contributed by atoms with Crippen LogP contribution in [0.25, 0.3) is 22.4 Å². The third-order valence-electron chi connectivity index (χ3n) is 4.62. The van der Waals surface area contributed by atoms with E-state index in [1.54, 1.807) is 30.3 Å². The summed E-state index contributed by atoms with van der Waals surface area (Å²) in [5.41, 5.74) is 9.02. The number of nitrogens with one attached hydrogen (secondary N) is 2. The van der Waals surface area contributed by atoms with Crippen LogP contribution in [0.5, 0.6) is 0 Å². The standard InChI is InChI=1S/C22H23N5O3/c1-3-12-27-18-9-8-16(22(29)25-11-10-19(28)30-2)13-17(18)26-21(27)15-6-4-14(5-7-15)20(23)24/h3-9,13H,1,10-12H2,2H3,(H3,23,24)(H,25,29). The van der Waals surface area contributed by atoms with E-state index >= 15 is 0 Å². The number of imidazole rings is 1. The molecule has 0 radical (unpaired) electrons. The van der Waals surface area contributed by atoms with Crippen molar-refractivity contribution in [3.05, 3.63) is 66.2 Å². The molecule has 154 valence electrons. The van der Waals surface area contributed by atoms with Crippen LogP contribution in [0.4, 0.5) is 0 Å². The monoisotopic (exact) mass is 405 g/mol. The number of carbonyl (C=O) groups excluding carboxylic acids is 2. The number of esters is 1. The maximum Gasteiger partial charge on any atom is 0.307 e. The minimum atomic E-state index is -0.380. The highest BCUT2D eigenvalue weighted by Crippen LogP contribution is 2.26. The van der Waals surface area contributed by atoms with Crippen molar-refractivity contribution in [1.29, 1.82) is 5.41 Å². The van der Waals surface area contributed by atoms with Gasteiger partial charge in [0.2, 0.25) is 0 Å². The van der Waals surface area contributed by atoms with Crippen LogP contribution in [0.2, 0.25) is 0 Å². The van der Waals surface area contributed by atoms with Gasteiger partial charge in [0, 0.05) is 29.8 Å². The number of amides is 1. The molecule has 3 aromatic rings. The average Bonchev–Trinajstić information content (AvgIpc) is 3.11. The molecule has 8 nitrogen and oxygen atoms in total. The first-order valence-electron chi connectivity index (χ1n) is 9.35. The van der Waals surface area contributed by atoms with Crippen molar-refractivity contribution >= 4 is 28.7 Å². The van der Waals surface area contributed by atoms with Gasteiger partial charge in [-0.2, -0.15) is 0 Å². The molecule has 0 spiro atoms. The highest BCUT2D eigenvalue weighted by Gasteiger charge is 2.15. The summed E-state index contributed by atoms with van der Waals surface area (Å²) >= 11 is 0. The van der Waals surface area contributed by atoms with E-state index in [0.29, 0.717) is 23.2 Å². The number of benzene rings is 2. The minimum Gasteiger partial charge on any atom is -0.469 e. The van der Waals surface area contributed by atoms with E-state index in [4.69, 9.17) is 16.1 Å². The lowest BCUT2D eigenvalue weighted by Crippen LogP contribution is -2.26. The molecule has 4 N–H and O–H groups in total. The zero-order chi connectivity index (χ0) is 21.7. The summed E-state index contributed by atoms with van der Waals surface area (Å²) in [4.78, 5) is 28.3. The zero-order valence-electron chi connectivity index (χ0n) is 16.6. The van der Waals surface area contributed by atoms with Gasteiger partial charge >= 0.3 is 5.97 Å². The number of fused-ring (bicyclic) bond motifs is 1. The van der Waals surface area contributed by atoms with Crippen LogP contribution in [-0.4, -0.2) is 40.9 Å². The second-order valence-corrected chi connectivity index (χ2v) is 6.61. The van der Waals surface area contributed by atoms with Crippen molar-refractivity contribution < 1.29 is 14.3 Å². The minimum absolute atomic E-state index is 0.00370. The van der Waals surface area contributed by atoms with Crippen LogP contribution in [0, 0.1) is 5.41 Å². The molecule has 0 aliphatic carbocycles. The smallest absolute Gasteiger partial charge is 0.307 e. The van der Waals surface area contributed by atoms with Crippen molar-refractivity contribution in [2.24, 2.45) is 5.73 Å². The molecule has 0 saturated carbocycles. The molecule has 2 aromatic carbocycles. The number of nitrogen functional groups attached to an aromatic ring is 1. The molecular weight excluding hydrogens is 382 g/mol. The van der Waals surface area contributed by atoms with Crippen LogP contribution in [-0.2, 0) is 16.1 Å². The Labute approximate surface area is 173 Å². The fourth-order valence-corrected chi connectivity index (χ4v) is 3.09. The maximum atomic E-state index is 12.4. The normalized spacial score (nSPS) is 10.6. The van der Waals surface area contributed by atoms with Gasteiger partial charge in [-0.3, -0.25) is 15.0 Å². The Balaban J connectivity index is 1.92. The third-order valence-corrected chi connectivity index (χ3v) is 4.62. The molecule has 1 amide bonds. The summed E-state index contributed by atoms with van der Waals surface area (Å²) in [5, 5.41) is 10.2. The van der Waals surface area contributed by atoms with Crippen molar-refractivity contribution in [3.8, 4) is 11.4 Å². The van der Waals surface area contributed by atoms with Gasteiger partial charge in [-0.1, -0.05) is 30.3 Å². The number of hydrogen-bond donors (Lipinski definition) is 3. The number of ether oxygens (including phenoxy) is 1. The van der Waals surface area contributed by atoms with Crippen molar-refractivity contribution in [2.45, 2.75) is 13.0 Å². The van der Waals surface area contributed by atoms with Crippen molar-refractivity contribution in [2.75, 3.05) is 13.7 Å². The molecule has 1 aromatic heterocycles. The molecule has 0 bridgehead atoms. The quantitative estimate of drug-likeness (QED) is 0.230. The molecule has 8 heteroatoms. The summed E-state index contributed by atoms with van der Waals surface area (Å²) < 4.78 is 6.57. The number of aromatic nitrogens is 2. The Hall–Kier alpha value is -3.94. The molecule has 1 heterocycles. The Bertz CT molecular complexity index is 1120. The second-order valence-electron chi connectivity index (χ2n) is 6.61. The van der Waals surface area contributed by atoms with E-state index in [-0.39, 0.29) is 30.7 Å². The van der Waals surface area contributed by atoms with Gasteiger partial charge in [0.15, 0.2) is 0 Å². The molecule has 0 atom stereocenters. The molecular formula is C22H23N5O3. The molecule has 3 rings (SSSR count). The van der Waals surface area contributed by atoms with E-state index in [9.17, 15) is 9.59 Å². The first-order valence-corrected chi connectivity index (χ1v) is 9.35. The Morgan fingerprint density at radius 1 is 1.23 bits per heavy atom. The topological polar surface area (TPSA) is 123 Å². The number of rotatable bonds is 8. The largest absolute Gasteiger partial charge is 0.469 e. The van der Waals surface area contributed by atoms with Gasteiger partial charge in [-0.15, -0.1) is 6.58 Å². The van der Waals surface area contributed by atoms with E-state index in [2.05, 4.69) is 16.6 Å². The number of carbonyl (C=O) groups is 2. The van der Waals surface area contributed by atoms with Gasteiger partial charge in [0.05, 0.1) is 24.6 Å². The molecule has 0 fully saturated rings. The lowest BCUT2D eigenvalue weighted by atomic mass is 10.1. The number of allylic oxidation sites excluding steroid dienone is 1. The van der Waals surface area contributed by atoms with Gasteiger partial charge in [0.1, 0.15) is 11.7 Å². The molecule has 30 heavy (non-hydrogen) atoms. The fraction of sp³-hybridized carbons (Fsp3) is 0.182. The van der Waals surface area contributed by atoms with E-state index in [1.165, 1.54) is 7.11 Å². The molecule has 0 unspecified atom stereocenters. The summed E-state index contributed by atoms with van der Waals surface area (Å²) in [6, 6.07) is 12.5. The van der Waals surface area contributed by atoms with Crippen LogP contribution < -0.4 is 11.1 Å². The first kappa shape index (κ1) is 20.8. The van der Waals surface area contributed by atoms with Crippen LogP contribution >= 0.6 is 0 Å². The van der Waals surface area contributed by atoms with Crippen LogP contribution in [0.15, 0.2) is 55.1 Å². The SMILES string of the molecule is C=CCn1c(-c2ccc(C(=N)N)cc2)nc2cc(C(=O)NCCC(=O)OC)ccc21. The zero-order valence-corrected chi connectivity index (χ0v) is 16.6. The van der Waals surface area contributed by atoms with Gasteiger partial charge in [0.25, 0.3) is 5.91 Å².